The molecular weight excluding hydrogens is 325 g/mol. The van der Waals surface area contributed by atoms with E-state index in [1.54, 1.807) is 20.0 Å². The van der Waals surface area contributed by atoms with E-state index >= 15 is 0 Å². The average Bonchev–Trinajstić information content (AvgIpc) is 2.81. The van der Waals surface area contributed by atoms with Crippen LogP contribution in [0.5, 0.6) is 0 Å². The van der Waals surface area contributed by atoms with Crippen LogP contribution in [0.2, 0.25) is 0 Å². The molecule has 1 aromatic carbocycles. The summed E-state index contributed by atoms with van der Waals surface area (Å²) in [4.78, 5) is 11.8. The second-order valence-corrected chi connectivity index (χ2v) is 5.27. The minimum Gasteiger partial charge on any atom is -0.387 e. The number of aliphatic hydroxyl groups is 1. The van der Waals surface area contributed by atoms with Gasteiger partial charge in [-0.05, 0) is 24.6 Å². The van der Waals surface area contributed by atoms with E-state index in [4.69, 9.17) is 0 Å². The number of aromatic nitrogens is 2. The molecule has 0 saturated heterocycles. The number of nitrogens with zero attached hydrogens (tertiary/aromatic N) is 2. The SMILES string of the molecule is Cc1cc(NC(=O)NCC(O)c2cccc(C(F)(F)F)c2)n(C)n1. The summed E-state index contributed by atoms with van der Waals surface area (Å²) in [6.07, 6.45) is -5.75. The lowest BCUT2D eigenvalue weighted by atomic mass is 10.1. The van der Waals surface area contributed by atoms with Gasteiger partial charge >= 0.3 is 12.2 Å². The van der Waals surface area contributed by atoms with Gasteiger partial charge in [-0.25, -0.2) is 4.79 Å². The first-order valence-corrected chi connectivity index (χ1v) is 7.07. The fourth-order valence-corrected chi connectivity index (χ4v) is 2.12. The van der Waals surface area contributed by atoms with Crippen molar-refractivity contribution < 1.29 is 23.1 Å². The lowest BCUT2D eigenvalue weighted by Gasteiger charge is -2.15. The predicted octanol–water partition coefficient (Wildman–Crippen LogP) is 2.60. The third-order valence-electron chi connectivity index (χ3n) is 3.30. The van der Waals surface area contributed by atoms with Crippen LogP contribution in [0, 0.1) is 6.92 Å². The van der Waals surface area contributed by atoms with Gasteiger partial charge in [-0.3, -0.25) is 10.00 Å². The smallest absolute Gasteiger partial charge is 0.387 e. The Bertz CT molecular complexity index is 728. The molecule has 0 fully saturated rings. The lowest BCUT2D eigenvalue weighted by molar-refractivity contribution is -0.137. The van der Waals surface area contributed by atoms with Gasteiger partial charge in [0.1, 0.15) is 5.82 Å². The highest BCUT2D eigenvalue weighted by molar-refractivity contribution is 5.88. The van der Waals surface area contributed by atoms with Gasteiger partial charge in [-0.2, -0.15) is 18.3 Å². The number of hydrogen-bond donors (Lipinski definition) is 3. The number of anilines is 1. The molecule has 24 heavy (non-hydrogen) atoms. The van der Waals surface area contributed by atoms with E-state index in [9.17, 15) is 23.1 Å². The van der Waals surface area contributed by atoms with E-state index in [-0.39, 0.29) is 12.1 Å². The number of amides is 2. The summed E-state index contributed by atoms with van der Waals surface area (Å²) in [5.41, 5.74) is -0.0628. The molecule has 9 heteroatoms. The number of carbonyl (C=O) groups is 1. The van der Waals surface area contributed by atoms with Crippen LogP contribution in [-0.4, -0.2) is 27.5 Å². The summed E-state index contributed by atoms with van der Waals surface area (Å²) in [7, 11) is 1.65. The van der Waals surface area contributed by atoms with Crippen molar-refractivity contribution >= 4 is 11.8 Å². The van der Waals surface area contributed by atoms with Crippen LogP contribution in [0.3, 0.4) is 0 Å². The van der Waals surface area contributed by atoms with Gasteiger partial charge in [0.05, 0.1) is 17.4 Å². The second-order valence-electron chi connectivity index (χ2n) is 5.27. The maximum Gasteiger partial charge on any atom is 0.416 e. The highest BCUT2D eigenvalue weighted by Gasteiger charge is 2.30. The fraction of sp³-hybridized carbons (Fsp3) is 0.333. The molecule has 6 nitrogen and oxygen atoms in total. The zero-order chi connectivity index (χ0) is 17.9. The number of rotatable bonds is 4. The van der Waals surface area contributed by atoms with Crippen LogP contribution in [0.4, 0.5) is 23.8 Å². The van der Waals surface area contributed by atoms with Gasteiger partial charge in [0.25, 0.3) is 0 Å². The predicted molar refractivity (Wildman–Crippen MR) is 81.4 cm³/mol. The molecule has 1 aromatic heterocycles. The molecule has 2 amide bonds. The molecule has 0 bridgehead atoms. The first kappa shape index (κ1) is 17.8. The second kappa shape index (κ2) is 6.91. The Morgan fingerprint density at radius 1 is 1.38 bits per heavy atom. The monoisotopic (exact) mass is 342 g/mol. The lowest BCUT2D eigenvalue weighted by Crippen LogP contribution is -2.33. The number of alkyl halides is 3. The van der Waals surface area contributed by atoms with Gasteiger partial charge in [-0.15, -0.1) is 0 Å². The van der Waals surface area contributed by atoms with Crippen molar-refractivity contribution in [1.82, 2.24) is 15.1 Å². The Hall–Kier alpha value is -2.55. The maximum absolute atomic E-state index is 12.7. The van der Waals surface area contributed by atoms with Crippen molar-refractivity contribution in [2.75, 3.05) is 11.9 Å². The number of urea groups is 1. The Morgan fingerprint density at radius 2 is 2.08 bits per heavy atom. The van der Waals surface area contributed by atoms with Crippen LogP contribution in [-0.2, 0) is 13.2 Å². The van der Waals surface area contributed by atoms with Gasteiger partial charge in [-0.1, -0.05) is 12.1 Å². The van der Waals surface area contributed by atoms with Crippen LogP contribution in [0.1, 0.15) is 22.9 Å². The van der Waals surface area contributed by atoms with E-state index < -0.39 is 23.9 Å². The molecule has 2 rings (SSSR count). The van der Waals surface area contributed by atoms with E-state index in [0.29, 0.717) is 5.82 Å². The van der Waals surface area contributed by atoms with E-state index in [0.717, 1.165) is 17.8 Å². The van der Waals surface area contributed by atoms with Crippen molar-refractivity contribution in [3.63, 3.8) is 0 Å². The Morgan fingerprint density at radius 3 is 2.67 bits per heavy atom. The zero-order valence-corrected chi connectivity index (χ0v) is 13.1. The molecule has 0 radical (unpaired) electrons. The van der Waals surface area contributed by atoms with E-state index in [1.165, 1.54) is 16.8 Å². The van der Waals surface area contributed by atoms with Crippen molar-refractivity contribution in [2.45, 2.75) is 19.2 Å². The Labute approximate surface area is 136 Å². The van der Waals surface area contributed by atoms with Gasteiger partial charge in [0.15, 0.2) is 0 Å². The van der Waals surface area contributed by atoms with E-state index in [2.05, 4.69) is 15.7 Å². The topological polar surface area (TPSA) is 79.2 Å². The summed E-state index contributed by atoms with van der Waals surface area (Å²) in [5.74, 6) is 0.457. The largest absolute Gasteiger partial charge is 0.416 e. The zero-order valence-electron chi connectivity index (χ0n) is 13.1. The fourth-order valence-electron chi connectivity index (χ4n) is 2.12. The number of carbonyl (C=O) groups excluding carboxylic acids is 1. The average molecular weight is 342 g/mol. The highest BCUT2D eigenvalue weighted by Crippen LogP contribution is 2.30. The first-order valence-electron chi connectivity index (χ1n) is 7.07. The van der Waals surface area contributed by atoms with Crippen LogP contribution < -0.4 is 10.6 Å². The molecule has 1 atom stereocenters. The van der Waals surface area contributed by atoms with Crippen molar-refractivity contribution in [1.29, 1.82) is 0 Å². The third kappa shape index (κ3) is 4.48. The van der Waals surface area contributed by atoms with Gasteiger partial charge < -0.3 is 10.4 Å². The minimum absolute atomic E-state index is 0.0708. The summed E-state index contributed by atoms with van der Waals surface area (Å²) in [6, 6.07) is 5.41. The van der Waals surface area contributed by atoms with Crippen molar-refractivity contribution in [3.05, 3.63) is 47.2 Å². The molecule has 2 aromatic rings. The molecule has 0 aliphatic rings. The van der Waals surface area contributed by atoms with Crippen LogP contribution >= 0.6 is 0 Å². The molecule has 0 spiro atoms. The molecule has 0 saturated carbocycles. The van der Waals surface area contributed by atoms with Gasteiger partial charge in [0.2, 0.25) is 0 Å². The normalized spacial score (nSPS) is 12.8. The maximum atomic E-state index is 12.7. The molecule has 0 aliphatic heterocycles. The molecular formula is C15H17F3N4O2. The minimum atomic E-state index is -4.49. The number of aliphatic hydroxyl groups excluding tert-OH is 1. The number of hydrogen-bond acceptors (Lipinski definition) is 3. The number of benzene rings is 1. The van der Waals surface area contributed by atoms with E-state index in [1.807, 2.05) is 0 Å². The van der Waals surface area contributed by atoms with Crippen LogP contribution in [0.25, 0.3) is 0 Å². The number of halogens is 3. The summed E-state index contributed by atoms with van der Waals surface area (Å²) < 4.78 is 39.4. The highest BCUT2D eigenvalue weighted by atomic mass is 19.4. The third-order valence-corrected chi connectivity index (χ3v) is 3.30. The summed E-state index contributed by atoms with van der Waals surface area (Å²) in [6.45, 7) is 1.53. The first-order chi connectivity index (χ1) is 11.2. The number of aryl methyl sites for hydroxylation is 2. The Kier molecular flexibility index (Phi) is 5.13. The van der Waals surface area contributed by atoms with Crippen molar-refractivity contribution in [2.24, 2.45) is 7.05 Å². The quantitative estimate of drug-likeness (QED) is 0.799. The Balaban J connectivity index is 1.94. The standard InChI is InChI=1S/C15H17F3N4O2/c1-9-6-13(22(2)21-9)20-14(24)19-8-12(23)10-4-3-5-11(7-10)15(16,17)18/h3-7,12,23H,8H2,1-2H3,(H2,19,20,24). The summed E-state index contributed by atoms with van der Waals surface area (Å²) in [5, 5.41) is 18.9. The molecule has 1 unspecified atom stereocenters. The molecule has 0 aliphatic carbocycles. The van der Waals surface area contributed by atoms with Crippen LogP contribution in [0.15, 0.2) is 30.3 Å². The molecule has 3 N–H and O–H groups in total. The molecule has 1 heterocycles. The van der Waals surface area contributed by atoms with Gasteiger partial charge in [0, 0.05) is 19.7 Å². The molecule has 130 valence electrons. The summed E-state index contributed by atoms with van der Waals surface area (Å²) >= 11 is 0. The van der Waals surface area contributed by atoms with Crippen molar-refractivity contribution in [3.8, 4) is 0 Å². The number of nitrogens with one attached hydrogen (secondary N) is 2.